The lowest BCUT2D eigenvalue weighted by atomic mass is 10.4. The predicted octanol–water partition coefficient (Wildman–Crippen LogP) is 5.43. The normalized spacial score (nSPS) is 13.5. The first-order chi connectivity index (χ1) is 14.0. The van der Waals surface area contributed by atoms with Gasteiger partial charge in [-0.05, 0) is 39.0 Å². The molecule has 0 fully saturated rings. The van der Waals surface area contributed by atoms with E-state index in [2.05, 4.69) is 15.3 Å². The number of hydrogen-bond donors (Lipinski definition) is 0. The standard InChI is InChI=1S/C15H12F9N6P/c1-7-4-10(13(16,17)18)25-28(7)31(29-8(2)5-11(26-29)14(19,20)21)30-9(3)6-12(27-30)15(22,23)24/h4-6H,1-3H3. The number of hydrogen-bond acceptors (Lipinski definition) is 3. The fraction of sp³-hybridized carbons (Fsp3) is 0.400. The van der Waals surface area contributed by atoms with E-state index in [4.69, 9.17) is 0 Å². The second kappa shape index (κ2) is 7.24. The Kier molecular flexibility index (Phi) is 5.40. The Labute approximate surface area is 169 Å². The topological polar surface area (TPSA) is 53.5 Å². The molecule has 16 heteroatoms. The monoisotopic (exact) mass is 478 g/mol. The Bertz CT molecular complexity index is 964. The molecule has 0 aliphatic carbocycles. The summed E-state index contributed by atoms with van der Waals surface area (Å²) in [6.07, 6.45) is -14.7. The van der Waals surface area contributed by atoms with Crippen LogP contribution < -0.4 is 0 Å². The van der Waals surface area contributed by atoms with E-state index in [1.165, 1.54) is 20.8 Å². The summed E-state index contributed by atoms with van der Waals surface area (Å²) in [4.78, 5) is 0. The van der Waals surface area contributed by atoms with Gasteiger partial charge in [-0.15, -0.1) is 0 Å². The zero-order valence-corrected chi connectivity index (χ0v) is 16.7. The van der Waals surface area contributed by atoms with E-state index in [0.717, 1.165) is 0 Å². The Hall–Kier alpha value is -2.57. The minimum atomic E-state index is -4.89. The molecule has 0 amide bonds. The molecule has 0 aromatic carbocycles. The number of aryl methyl sites for hydroxylation is 3. The highest BCUT2D eigenvalue weighted by atomic mass is 31.1. The molecule has 0 saturated heterocycles. The summed E-state index contributed by atoms with van der Waals surface area (Å²) >= 11 is 0. The van der Waals surface area contributed by atoms with Gasteiger partial charge in [-0.25, -0.2) is 13.4 Å². The van der Waals surface area contributed by atoms with Crippen LogP contribution in [0.15, 0.2) is 18.2 Å². The number of rotatable bonds is 3. The lowest BCUT2D eigenvalue weighted by Crippen LogP contribution is -2.18. The van der Waals surface area contributed by atoms with Crippen LogP contribution in [0.5, 0.6) is 0 Å². The zero-order valence-electron chi connectivity index (χ0n) is 15.8. The van der Waals surface area contributed by atoms with Gasteiger partial charge in [0.2, 0.25) is 0 Å². The molecule has 3 rings (SSSR count). The van der Waals surface area contributed by atoms with E-state index in [1.54, 1.807) is 0 Å². The summed E-state index contributed by atoms with van der Waals surface area (Å²) in [6.45, 7) is 3.56. The average Bonchev–Trinajstić information content (AvgIpc) is 3.26. The smallest absolute Gasteiger partial charge is 0.207 e. The maximum atomic E-state index is 13.1. The van der Waals surface area contributed by atoms with Gasteiger partial charge in [-0.3, -0.25) is 0 Å². The molecule has 0 aliphatic rings. The van der Waals surface area contributed by atoms with Crippen LogP contribution in [0.1, 0.15) is 34.2 Å². The third kappa shape index (κ3) is 4.41. The molecule has 0 unspecified atom stereocenters. The average molecular weight is 478 g/mol. The summed E-state index contributed by atoms with van der Waals surface area (Å²) in [5.74, 6) is 0. The van der Waals surface area contributed by atoms with Crippen molar-refractivity contribution in [3.63, 3.8) is 0 Å². The van der Waals surface area contributed by atoms with Crippen molar-refractivity contribution in [1.82, 2.24) is 28.7 Å². The Morgan fingerprint density at radius 1 is 0.548 bits per heavy atom. The number of nitrogens with zero attached hydrogens (tertiary/aromatic N) is 6. The van der Waals surface area contributed by atoms with Crippen LogP contribution >= 0.6 is 8.37 Å². The van der Waals surface area contributed by atoms with Crippen LogP contribution in [0.25, 0.3) is 0 Å². The molecule has 170 valence electrons. The SMILES string of the molecule is Cc1cc(C(F)(F)F)nn1P(n1nc(C(F)(F)F)cc1C)n1nc(C(F)(F)F)cc1C. The van der Waals surface area contributed by atoms with Crippen LogP contribution in [-0.4, -0.2) is 28.7 Å². The van der Waals surface area contributed by atoms with Gasteiger partial charge in [0.1, 0.15) is 0 Å². The van der Waals surface area contributed by atoms with E-state index < -0.39 is 44.0 Å². The highest BCUT2D eigenvalue weighted by Crippen LogP contribution is 2.46. The molecule has 0 bridgehead atoms. The maximum Gasteiger partial charge on any atom is 0.435 e. The molecule has 0 atom stereocenters. The van der Waals surface area contributed by atoms with E-state index in [-0.39, 0.29) is 17.1 Å². The van der Waals surface area contributed by atoms with E-state index in [1.807, 2.05) is 0 Å². The predicted molar refractivity (Wildman–Crippen MR) is 89.0 cm³/mol. The molecule has 0 spiro atoms. The molecule has 31 heavy (non-hydrogen) atoms. The lowest BCUT2D eigenvalue weighted by molar-refractivity contribution is -0.142. The maximum absolute atomic E-state index is 13.1. The second-order valence-electron chi connectivity index (χ2n) is 6.44. The molecule has 3 heterocycles. The molecule has 0 saturated carbocycles. The fourth-order valence-electron chi connectivity index (χ4n) is 2.60. The summed E-state index contributed by atoms with van der Waals surface area (Å²) < 4.78 is 120. The quantitative estimate of drug-likeness (QED) is 0.373. The van der Waals surface area contributed by atoms with Crippen LogP contribution in [0.4, 0.5) is 39.5 Å². The first-order valence-electron chi connectivity index (χ1n) is 8.22. The minimum absolute atomic E-state index is 0.162. The van der Waals surface area contributed by atoms with E-state index in [9.17, 15) is 39.5 Å². The van der Waals surface area contributed by atoms with Gasteiger partial charge in [0, 0.05) is 17.1 Å². The van der Waals surface area contributed by atoms with Crippen LogP contribution in [0.2, 0.25) is 0 Å². The van der Waals surface area contributed by atoms with Gasteiger partial charge in [-0.2, -0.15) is 54.8 Å². The van der Waals surface area contributed by atoms with Crippen molar-refractivity contribution in [2.24, 2.45) is 0 Å². The van der Waals surface area contributed by atoms with Gasteiger partial charge in [0.25, 0.3) is 8.37 Å². The van der Waals surface area contributed by atoms with E-state index in [0.29, 0.717) is 31.6 Å². The van der Waals surface area contributed by atoms with E-state index >= 15 is 0 Å². The largest absolute Gasteiger partial charge is 0.435 e. The Balaban J connectivity index is 2.28. The second-order valence-corrected chi connectivity index (χ2v) is 8.12. The highest BCUT2D eigenvalue weighted by Gasteiger charge is 2.40. The van der Waals surface area contributed by atoms with Crippen molar-refractivity contribution in [3.05, 3.63) is 52.4 Å². The van der Waals surface area contributed by atoms with Crippen LogP contribution in [0, 0.1) is 20.8 Å². The molecule has 0 aliphatic heterocycles. The van der Waals surface area contributed by atoms with Gasteiger partial charge < -0.3 is 0 Å². The Morgan fingerprint density at radius 2 is 0.774 bits per heavy atom. The van der Waals surface area contributed by atoms with Gasteiger partial charge in [0.15, 0.2) is 17.1 Å². The van der Waals surface area contributed by atoms with Crippen LogP contribution in [0.3, 0.4) is 0 Å². The third-order valence-electron chi connectivity index (χ3n) is 3.97. The summed E-state index contributed by atoms with van der Waals surface area (Å²) in [5.41, 5.74) is -4.57. The van der Waals surface area contributed by atoms with Crippen molar-refractivity contribution in [2.45, 2.75) is 39.3 Å². The van der Waals surface area contributed by atoms with Crippen molar-refractivity contribution < 1.29 is 39.5 Å². The molecular weight excluding hydrogens is 466 g/mol. The van der Waals surface area contributed by atoms with Crippen molar-refractivity contribution >= 4 is 8.37 Å². The Morgan fingerprint density at radius 3 is 0.935 bits per heavy atom. The van der Waals surface area contributed by atoms with Gasteiger partial charge in [-0.1, -0.05) is 0 Å². The lowest BCUT2D eigenvalue weighted by Gasteiger charge is -2.21. The number of halogens is 9. The molecule has 3 aromatic rings. The molecule has 0 N–H and O–H groups in total. The van der Waals surface area contributed by atoms with Gasteiger partial charge in [0.05, 0.1) is 0 Å². The molecule has 6 nitrogen and oxygen atoms in total. The van der Waals surface area contributed by atoms with Crippen molar-refractivity contribution in [2.75, 3.05) is 0 Å². The summed E-state index contributed by atoms with van der Waals surface area (Å²) in [5, 5.41) is 10.2. The third-order valence-corrected chi connectivity index (χ3v) is 6.20. The first-order valence-corrected chi connectivity index (χ1v) is 9.42. The summed E-state index contributed by atoms with van der Waals surface area (Å²) in [7, 11) is -2.67. The number of alkyl halides is 9. The van der Waals surface area contributed by atoms with Crippen molar-refractivity contribution in [1.29, 1.82) is 0 Å². The summed E-state index contributed by atoms with van der Waals surface area (Å²) in [6, 6.07) is 1.88. The zero-order chi connectivity index (χ0) is 23.5. The minimum Gasteiger partial charge on any atom is -0.207 e. The molecule has 0 radical (unpaired) electrons. The highest BCUT2D eigenvalue weighted by molar-refractivity contribution is 7.52. The van der Waals surface area contributed by atoms with Crippen LogP contribution in [-0.2, 0) is 18.5 Å². The first kappa shape index (κ1) is 23.1. The van der Waals surface area contributed by atoms with Gasteiger partial charge >= 0.3 is 18.5 Å². The fourth-order valence-corrected chi connectivity index (χ4v) is 4.63. The number of aromatic nitrogens is 6. The molecular formula is C15H12F9N6P. The molecule has 3 aromatic heterocycles. The van der Waals surface area contributed by atoms with Crippen molar-refractivity contribution in [3.8, 4) is 0 Å².